The minimum atomic E-state index is 0.191. The van der Waals surface area contributed by atoms with E-state index in [0.717, 1.165) is 37.0 Å². The van der Waals surface area contributed by atoms with E-state index < -0.39 is 0 Å². The molecule has 2 aromatic heterocycles. The van der Waals surface area contributed by atoms with Gasteiger partial charge in [-0.1, -0.05) is 18.6 Å². The van der Waals surface area contributed by atoms with Crippen molar-refractivity contribution >= 4 is 11.6 Å². The van der Waals surface area contributed by atoms with E-state index in [9.17, 15) is 4.79 Å². The molecule has 3 rings (SSSR count). The number of rotatable bonds is 5. The largest absolute Gasteiger partial charge is 0.338 e. The minimum Gasteiger partial charge on any atom is -0.338 e. The van der Waals surface area contributed by atoms with E-state index in [0.29, 0.717) is 13.0 Å². The van der Waals surface area contributed by atoms with E-state index in [-0.39, 0.29) is 11.3 Å². The van der Waals surface area contributed by atoms with Crippen LogP contribution in [-0.4, -0.2) is 31.9 Å². The highest BCUT2D eigenvalue weighted by molar-refractivity contribution is 5.77. The van der Waals surface area contributed by atoms with Gasteiger partial charge in [0, 0.05) is 30.9 Å². The van der Waals surface area contributed by atoms with Crippen LogP contribution in [0.1, 0.15) is 52.0 Å². The van der Waals surface area contributed by atoms with Crippen molar-refractivity contribution in [3.05, 3.63) is 41.9 Å². The monoisotopic (exact) mass is 326 g/mol. The van der Waals surface area contributed by atoms with Gasteiger partial charge in [0.05, 0.1) is 12.7 Å². The summed E-state index contributed by atoms with van der Waals surface area (Å²) < 4.78 is 1.76. The maximum absolute atomic E-state index is 12.4. The first kappa shape index (κ1) is 16.7. The lowest BCUT2D eigenvalue weighted by molar-refractivity contribution is -0.138. The Kier molecular flexibility index (Phi) is 4.69. The molecule has 3 heterocycles. The number of likely N-dealkylation sites (tertiary alicyclic amines) is 1. The third-order valence-electron chi connectivity index (χ3n) is 4.88. The van der Waals surface area contributed by atoms with Gasteiger partial charge in [-0.15, -0.1) is 0 Å². The van der Waals surface area contributed by atoms with Crippen LogP contribution in [0.5, 0.6) is 0 Å². The summed E-state index contributed by atoms with van der Waals surface area (Å²) in [4.78, 5) is 18.8. The van der Waals surface area contributed by atoms with Crippen LogP contribution in [0.4, 0.5) is 0 Å². The summed E-state index contributed by atoms with van der Waals surface area (Å²) in [7, 11) is 0. The number of amides is 1. The third kappa shape index (κ3) is 3.66. The SMILES string of the molecule is CC(C)=CCCC1(C)CCC(=O)N(Cc2cnn3cccnc23)C1. The Morgan fingerprint density at radius 3 is 3.04 bits per heavy atom. The van der Waals surface area contributed by atoms with Gasteiger partial charge in [0.25, 0.3) is 0 Å². The van der Waals surface area contributed by atoms with Gasteiger partial charge in [-0.05, 0) is 44.6 Å². The van der Waals surface area contributed by atoms with Gasteiger partial charge >= 0.3 is 0 Å². The minimum absolute atomic E-state index is 0.191. The van der Waals surface area contributed by atoms with Crippen molar-refractivity contribution in [3.8, 4) is 0 Å². The van der Waals surface area contributed by atoms with E-state index in [2.05, 4.69) is 36.9 Å². The number of hydrogen-bond acceptors (Lipinski definition) is 3. The Hall–Kier alpha value is -2.17. The lowest BCUT2D eigenvalue weighted by Gasteiger charge is -2.40. The summed E-state index contributed by atoms with van der Waals surface area (Å²) in [6.45, 7) is 7.98. The van der Waals surface area contributed by atoms with Crippen LogP contribution < -0.4 is 0 Å². The predicted octanol–water partition coefficient (Wildman–Crippen LogP) is 3.60. The average molecular weight is 326 g/mol. The van der Waals surface area contributed by atoms with Crippen LogP contribution in [0.25, 0.3) is 5.65 Å². The van der Waals surface area contributed by atoms with Crippen molar-refractivity contribution < 1.29 is 4.79 Å². The molecule has 1 amide bonds. The summed E-state index contributed by atoms with van der Waals surface area (Å²) in [5.74, 6) is 0.241. The van der Waals surface area contributed by atoms with Crippen LogP contribution in [0, 0.1) is 5.41 Å². The molecule has 1 fully saturated rings. The zero-order valence-corrected chi connectivity index (χ0v) is 14.8. The van der Waals surface area contributed by atoms with Gasteiger partial charge in [0.2, 0.25) is 5.91 Å². The highest BCUT2D eigenvalue weighted by atomic mass is 16.2. The van der Waals surface area contributed by atoms with E-state index in [1.165, 1.54) is 5.57 Å². The summed E-state index contributed by atoms with van der Waals surface area (Å²) in [5, 5.41) is 4.32. The van der Waals surface area contributed by atoms with Crippen LogP contribution in [0.3, 0.4) is 0 Å². The first-order valence-electron chi connectivity index (χ1n) is 8.65. The zero-order chi connectivity index (χ0) is 17.2. The molecule has 1 aliphatic rings. The molecular formula is C19H26N4O. The summed E-state index contributed by atoms with van der Waals surface area (Å²) >= 11 is 0. The lowest BCUT2D eigenvalue weighted by Crippen LogP contribution is -2.44. The first-order valence-corrected chi connectivity index (χ1v) is 8.65. The summed E-state index contributed by atoms with van der Waals surface area (Å²) in [5.41, 5.74) is 3.40. The second kappa shape index (κ2) is 6.75. The summed E-state index contributed by atoms with van der Waals surface area (Å²) in [6, 6.07) is 1.86. The number of nitrogens with zero attached hydrogens (tertiary/aromatic N) is 4. The standard InChI is InChI=1S/C19H26N4O/c1-15(2)6-4-8-19(3)9-7-17(24)22(14-19)13-16-12-21-23-11-5-10-20-18(16)23/h5-6,10-12H,4,7-9,13-14H2,1-3H3. The lowest BCUT2D eigenvalue weighted by atomic mass is 9.77. The number of carbonyl (C=O) groups is 1. The molecule has 0 radical (unpaired) electrons. The van der Waals surface area contributed by atoms with Gasteiger partial charge < -0.3 is 4.90 Å². The Morgan fingerprint density at radius 1 is 1.42 bits per heavy atom. The van der Waals surface area contributed by atoms with Gasteiger partial charge in [0.1, 0.15) is 0 Å². The molecule has 2 aromatic rings. The maximum atomic E-state index is 12.4. The number of fused-ring (bicyclic) bond motifs is 1. The molecule has 0 saturated carbocycles. The zero-order valence-electron chi connectivity index (χ0n) is 14.8. The highest BCUT2D eigenvalue weighted by Crippen LogP contribution is 2.35. The van der Waals surface area contributed by atoms with E-state index >= 15 is 0 Å². The molecule has 5 heteroatoms. The second-order valence-corrected chi connectivity index (χ2v) is 7.44. The molecule has 5 nitrogen and oxygen atoms in total. The smallest absolute Gasteiger partial charge is 0.222 e. The normalized spacial score (nSPS) is 21.3. The number of piperidine rings is 1. The number of aromatic nitrogens is 3. The van der Waals surface area contributed by atoms with Crippen molar-refractivity contribution in [1.82, 2.24) is 19.5 Å². The van der Waals surface area contributed by atoms with Crippen LogP contribution in [0.15, 0.2) is 36.3 Å². The maximum Gasteiger partial charge on any atom is 0.222 e. The molecule has 0 spiro atoms. The molecule has 1 saturated heterocycles. The molecule has 1 unspecified atom stereocenters. The Balaban J connectivity index is 1.72. The Labute approximate surface area is 143 Å². The van der Waals surface area contributed by atoms with Crippen LogP contribution in [-0.2, 0) is 11.3 Å². The van der Waals surface area contributed by atoms with Crippen LogP contribution in [0.2, 0.25) is 0 Å². The van der Waals surface area contributed by atoms with Crippen LogP contribution >= 0.6 is 0 Å². The topological polar surface area (TPSA) is 50.5 Å². The number of allylic oxidation sites excluding steroid dienone is 2. The second-order valence-electron chi connectivity index (χ2n) is 7.44. The van der Waals surface area contributed by atoms with Crippen molar-refractivity contribution in [3.63, 3.8) is 0 Å². The van der Waals surface area contributed by atoms with E-state index in [4.69, 9.17) is 0 Å². The fourth-order valence-electron chi connectivity index (χ4n) is 3.45. The fraction of sp³-hybridized carbons (Fsp3) is 0.526. The van der Waals surface area contributed by atoms with Gasteiger partial charge in [-0.25, -0.2) is 9.50 Å². The third-order valence-corrected chi connectivity index (χ3v) is 4.88. The predicted molar refractivity (Wildman–Crippen MR) is 94.4 cm³/mol. The fourth-order valence-corrected chi connectivity index (χ4v) is 3.45. The van der Waals surface area contributed by atoms with E-state index in [1.807, 2.05) is 23.4 Å². The molecular weight excluding hydrogens is 300 g/mol. The molecule has 0 aliphatic carbocycles. The number of hydrogen-bond donors (Lipinski definition) is 0. The first-order chi connectivity index (χ1) is 11.5. The summed E-state index contributed by atoms with van der Waals surface area (Å²) in [6.07, 6.45) is 11.6. The number of carbonyl (C=O) groups excluding carboxylic acids is 1. The van der Waals surface area contributed by atoms with Crippen molar-refractivity contribution in [2.75, 3.05) is 6.54 Å². The Morgan fingerprint density at radius 2 is 2.25 bits per heavy atom. The van der Waals surface area contributed by atoms with E-state index in [1.54, 1.807) is 10.7 Å². The van der Waals surface area contributed by atoms with Crippen molar-refractivity contribution in [1.29, 1.82) is 0 Å². The molecule has 0 aromatic carbocycles. The molecule has 128 valence electrons. The van der Waals surface area contributed by atoms with Gasteiger partial charge in [-0.2, -0.15) is 5.10 Å². The van der Waals surface area contributed by atoms with Crippen molar-refractivity contribution in [2.45, 2.75) is 53.0 Å². The van der Waals surface area contributed by atoms with Gasteiger partial charge in [-0.3, -0.25) is 4.79 Å². The van der Waals surface area contributed by atoms with Gasteiger partial charge in [0.15, 0.2) is 5.65 Å². The molecule has 0 bridgehead atoms. The molecule has 1 atom stereocenters. The Bertz CT molecular complexity index is 760. The highest BCUT2D eigenvalue weighted by Gasteiger charge is 2.34. The van der Waals surface area contributed by atoms with Crippen molar-refractivity contribution in [2.24, 2.45) is 5.41 Å². The molecule has 24 heavy (non-hydrogen) atoms. The molecule has 1 aliphatic heterocycles. The average Bonchev–Trinajstić information content (AvgIpc) is 2.94. The quantitative estimate of drug-likeness (QED) is 0.789. The molecule has 0 N–H and O–H groups in total.